The molecule has 100 valence electrons. The molecule has 0 heterocycles. The molecule has 19 heavy (non-hydrogen) atoms. The summed E-state index contributed by atoms with van der Waals surface area (Å²) >= 11 is 5.73. The fourth-order valence-corrected chi connectivity index (χ4v) is 1.87. The molecule has 2 aromatic rings. The molecule has 0 spiro atoms. The second-order valence-corrected chi connectivity index (χ2v) is 4.38. The number of hydrogen-bond donors (Lipinski definition) is 2. The maximum Gasteiger partial charge on any atom is 0.141 e. The van der Waals surface area contributed by atoms with E-state index in [0.29, 0.717) is 23.7 Å². The molecule has 0 radical (unpaired) electrons. The third kappa shape index (κ3) is 3.51. The molecule has 0 aliphatic heterocycles. The fraction of sp³-hybridized carbons (Fsp3) is 0.143. The van der Waals surface area contributed by atoms with Crippen LogP contribution in [0.25, 0.3) is 0 Å². The van der Waals surface area contributed by atoms with Crippen LogP contribution in [0, 0.1) is 5.82 Å². The van der Waals surface area contributed by atoms with Crippen molar-refractivity contribution >= 4 is 28.7 Å². The third-order valence-corrected chi connectivity index (χ3v) is 2.74. The van der Waals surface area contributed by atoms with Crippen molar-refractivity contribution in [2.24, 2.45) is 0 Å². The molecule has 3 nitrogen and oxygen atoms in total. The second-order valence-electron chi connectivity index (χ2n) is 3.98. The Kier molecular flexibility index (Phi) is 4.12. The first-order chi connectivity index (χ1) is 9.08. The normalized spacial score (nSPS) is 10.3. The van der Waals surface area contributed by atoms with E-state index in [1.165, 1.54) is 12.1 Å². The maximum absolute atomic E-state index is 13.1. The fourth-order valence-electron chi connectivity index (χ4n) is 1.68. The molecular formula is C14H14ClFN2O. The van der Waals surface area contributed by atoms with Gasteiger partial charge in [0.05, 0.1) is 11.6 Å². The first-order valence-electron chi connectivity index (χ1n) is 5.84. The average molecular weight is 281 g/mol. The van der Waals surface area contributed by atoms with Gasteiger partial charge in [-0.15, -0.1) is 0 Å². The van der Waals surface area contributed by atoms with E-state index in [1.54, 1.807) is 18.2 Å². The van der Waals surface area contributed by atoms with Gasteiger partial charge in [-0.05, 0) is 31.2 Å². The number of hydrogen-bond acceptors (Lipinski definition) is 3. The quantitative estimate of drug-likeness (QED) is 0.825. The molecule has 0 saturated heterocycles. The summed E-state index contributed by atoms with van der Waals surface area (Å²) in [7, 11) is 0. The second kappa shape index (κ2) is 5.80. The van der Waals surface area contributed by atoms with Gasteiger partial charge in [-0.25, -0.2) is 4.39 Å². The molecule has 2 aromatic carbocycles. The molecule has 3 N–H and O–H groups in total. The predicted octanol–water partition coefficient (Wildman–Crippen LogP) is 4.20. The number of ether oxygens (including phenoxy) is 1. The van der Waals surface area contributed by atoms with Crippen molar-refractivity contribution in [1.29, 1.82) is 0 Å². The molecule has 0 amide bonds. The first-order valence-corrected chi connectivity index (χ1v) is 6.21. The highest BCUT2D eigenvalue weighted by molar-refractivity contribution is 6.31. The Bertz CT molecular complexity index is 590. The molecule has 0 aliphatic rings. The van der Waals surface area contributed by atoms with Crippen LogP contribution < -0.4 is 15.8 Å². The summed E-state index contributed by atoms with van der Waals surface area (Å²) in [6, 6.07) is 9.74. The number of halogens is 2. The topological polar surface area (TPSA) is 47.3 Å². The average Bonchev–Trinajstić information content (AvgIpc) is 2.33. The molecule has 0 aromatic heterocycles. The summed E-state index contributed by atoms with van der Waals surface area (Å²) in [5.74, 6) is 0.230. The highest BCUT2D eigenvalue weighted by Crippen LogP contribution is 2.27. The monoisotopic (exact) mass is 280 g/mol. The van der Waals surface area contributed by atoms with E-state index in [1.807, 2.05) is 13.0 Å². The Labute approximate surface area is 116 Å². The molecule has 2 rings (SSSR count). The van der Waals surface area contributed by atoms with Crippen LogP contribution in [0.2, 0.25) is 5.02 Å². The van der Waals surface area contributed by atoms with Crippen LogP contribution in [-0.2, 0) is 0 Å². The summed E-state index contributed by atoms with van der Waals surface area (Å²) < 4.78 is 18.5. The summed E-state index contributed by atoms with van der Waals surface area (Å²) in [4.78, 5) is 0. The van der Waals surface area contributed by atoms with Gasteiger partial charge in [0.1, 0.15) is 11.6 Å². The zero-order valence-electron chi connectivity index (χ0n) is 10.4. The van der Waals surface area contributed by atoms with Crippen LogP contribution >= 0.6 is 11.6 Å². The van der Waals surface area contributed by atoms with Gasteiger partial charge in [-0.3, -0.25) is 0 Å². The van der Waals surface area contributed by atoms with Crippen LogP contribution in [0.15, 0.2) is 36.4 Å². The lowest BCUT2D eigenvalue weighted by Gasteiger charge is -2.11. The summed E-state index contributed by atoms with van der Waals surface area (Å²) in [5, 5.41) is 3.17. The van der Waals surface area contributed by atoms with Gasteiger partial charge < -0.3 is 15.8 Å². The summed E-state index contributed by atoms with van der Waals surface area (Å²) in [5.41, 5.74) is 7.81. The van der Waals surface area contributed by atoms with Gasteiger partial charge >= 0.3 is 0 Å². The Balaban J connectivity index is 2.24. The minimum atomic E-state index is -0.449. The molecule has 0 aliphatic carbocycles. The van der Waals surface area contributed by atoms with Crippen molar-refractivity contribution in [2.45, 2.75) is 6.92 Å². The van der Waals surface area contributed by atoms with Crippen LogP contribution in [0.5, 0.6) is 5.75 Å². The van der Waals surface area contributed by atoms with Crippen molar-refractivity contribution in [2.75, 3.05) is 17.7 Å². The van der Waals surface area contributed by atoms with E-state index in [4.69, 9.17) is 22.1 Å². The van der Waals surface area contributed by atoms with Gasteiger partial charge in [-0.2, -0.15) is 0 Å². The molecule has 0 bridgehead atoms. The van der Waals surface area contributed by atoms with E-state index in [9.17, 15) is 4.39 Å². The number of nitrogen functional groups attached to an aromatic ring is 1. The molecule has 0 atom stereocenters. The minimum absolute atomic E-state index is 0.0685. The van der Waals surface area contributed by atoms with Crippen molar-refractivity contribution in [3.63, 3.8) is 0 Å². The molecule has 0 fully saturated rings. The van der Waals surface area contributed by atoms with Crippen LogP contribution in [0.3, 0.4) is 0 Å². The number of anilines is 3. The van der Waals surface area contributed by atoms with Crippen molar-refractivity contribution in [1.82, 2.24) is 0 Å². The van der Waals surface area contributed by atoms with Gasteiger partial charge in [-0.1, -0.05) is 11.6 Å². The van der Waals surface area contributed by atoms with E-state index in [-0.39, 0.29) is 5.02 Å². The molecule has 0 saturated carbocycles. The summed E-state index contributed by atoms with van der Waals surface area (Å²) in [6.07, 6.45) is 0. The smallest absolute Gasteiger partial charge is 0.141 e. The standard InChI is InChI=1S/C14H14ClFN2O/c1-2-19-12-6-9(17)5-11(7-12)18-10-3-4-14(16)13(15)8-10/h3-8,18H,2,17H2,1H3. The minimum Gasteiger partial charge on any atom is -0.494 e. The SMILES string of the molecule is CCOc1cc(N)cc(Nc2ccc(F)c(Cl)c2)c1. The molecule has 0 unspecified atom stereocenters. The van der Waals surface area contributed by atoms with Gasteiger partial charge in [0.25, 0.3) is 0 Å². The van der Waals surface area contributed by atoms with E-state index in [2.05, 4.69) is 5.32 Å². The van der Waals surface area contributed by atoms with Crippen molar-refractivity contribution < 1.29 is 9.13 Å². The lowest BCUT2D eigenvalue weighted by molar-refractivity contribution is 0.340. The van der Waals surface area contributed by atoms with E-state index < -0.39 is 5.82 Å². The van der Waals surface area contributed by atoms with Crippen molar-refractivity contribution in [3.05, 3.63) is 47.2 Å². The predicted molar refractivity (Wildman–Crippen MR) is 76.7 cm³/mol. The van der Waals surface area contributed by atoms with Crippen molar-refractivity contribution in [3.8, 4) is 5.75 Å². The van der Waals surface area contributed by atoms with Gasteiger partial charge in [0.2, 0.25) is 0 Å². The highest BCUT2D eigenvalue weighted by atomic mass is 35.5. The lowest BCUT2D eigenvalue weighted by Crippen LogP contribution is -1.97. The largest absolute Gasteiger partial charge is 0.494 e. The number of benzene rings is 2. The van der Waals surface area contributed by atoms with Crippen LogP contribution in [0.4, 0.5) is 21.5 Å². The third-order valence-electron chi connectivity index (χ3n) is 2.45. The number of rotatable bonds is 4. The van der Waals surface area contributed by atoms with Gasteiger partial charge in [0, 0.05) is 29.2 Å². The maximum atomic E-state index is 13.1. The summed E-state index contributed by atoms with van der Waals surface area (Å²) in [6.45, 7) is 2.46. The Morgan fingerprint density at radius 1 is 1.21 bits per heavy atom. The Morgan fingerprint density at radius 3 is 2.68 bits per heavy atom. The number of nitrogens with one attached hydrogen (secondary N) is 1. The highest BCUT2D eigenvalue weighted by Gasteiger charge is 2.03. The Morgan fingerprint density at radius 2 is 2.00 bits per heavy atom. The molecular weight excluding hydrogens is 267 g/mol. The molecule has 5 heteroatoms. The Hall–Kier alpha value is -1.94. The zero-order chi connectivity index (χ0) is 13.8. The van der Waals surface area contributed by atoms with E-state index in [0.717, 1.165) is 5.69 Å². The van der Waals surface area contributed by atoms with Crippen LogP contribution in [0.1, 0.15) is 6.92 Å². The zero-order valence-corrected chi connectivity index (χ0v) is 11.2. The lowest BCUT2D eigenvalue weighted by atomic mass is 10.2. The first kappa shape index (κ1) is 13.5. The van der Waals surface area contributed by atoms with Crippen LogP contribution in [-0.4, -0.2) is 6.61 Å². The number of nitrogens with two attached hydrogens (primary N) is 1. The van der Waals surface area contributed by atoms with E-state index >= 15 is 0 Å². The van der Waals surface area contributed by atoms with Gasteiger partial charge in [0.15, 0.2) is 0 Å².